The Morgan fingerprint density at radius 1 is 1.26 bits per heavy atom. The molecule has 0 amide bonds. The van der Waals surface area contributed by atoms with E-state index in [9.17, 15) is 0 Å². The lowest BCUT2D eigenvalue weighted by atomic mass is 10.3. The van der Waals surface area contributed by atoms with Crippen LogP contribution in [0.1, 0.15) is 17.7 Å². The maximum absolute atomic E-state index is 4.52. The fraction of sp³-hybridized carbons (Fsp3) is 0.286. The van der Waals surface area contributed by atoms with Gasteiger partial charge in [0.15, 0.2) is 0 Å². The van der Waals surface area contributed by atoms with Gasteiger partial charge in [0.05, 0.1) is 10.2 Å². The molecule has 0 aromatic carbocycles. The number of rotatable bonds is 4. The van der Waals surface area contributed by atoms with Crippen molar-refractivity contribution < 1.29 is 0 Å². The summed E-state index contributed by atoms with van der Waals surface area (Å²) in [6.45, 7) is 0.941. The summed E-state index contributed by atoms with van der Waals surface area (Å²) in [6, 6.07) is 4.98. The van der Waals surface area contributed by atoms with Gasteiger partial charge >= 0.3 is 0 Å². The van der Waals surface area contributed by atoms with Crippen LogP contribution in [0, 0.1) is 0 Å². The van der Waals surface area contributed by atoms with Crippen molar-refractivity contribution in [1.29, 1.82) is 0 Å². The largest absolute Gasteiger partial charge is 0.309 e. The summed E-state index contributed by atoms with van der Waals surface area (Å²) in [5, 5.41) is 6.66. The number of hydrogen-bond acceptors (Lipinski definition) is 5. The molecule has 19 heavy (non-hydrogen) atoms. The van der Waals surface area contributed by atoms with Gasteiger partial charge in [-0.2, -0.15) is 0 Å². The smallest absolute Gasteiger partial charge is 0.125 e. The molecule has 0 unspecified atom stereocenters. The summed E-state index contributed by atoms with van der Waals surface area (Å²) >= 11 is 3.49. The van der Waals surface area contributed by atoms with Crippen LogP contribution in [0.25, 0.3) is 20.8 Å². The number of pyridine rings is 1. The Bertz CT molecular complexity index is 712. The monoisotopic (exact) mass is 287 g/mol. The first-order valence-corrected chi connectivity index (χ1v) is 8.10. The van der Waals surface area contributed by atoms with Crippen LogP contribution in [-0.2, 0) is 6.54 Å². The van der Waals surface area contributed by atoms with Crippen molar-refractivity contribution in [2.24, 2.45) is 0 Å². The Labute approximate surface area is 119 Å². The number of thiazole rings is 1. The minimum atomic E-state index is 0.745. The highest BCUT2D eigenvalue weighted by molar-refractivity contribution is 7.17. The Kier molecular flexibility index (Phi) is 2.83. The Morgan fingerprint density at radius 2 is 2.21 bits per heavy atom. The first-order valence-electron chi connectivity index (χ1n) is 6.40. The number of nitrogens with zero attached hydrogens (tertiary/aromatic N) is 2. The third-order valence-electron chi connectivity index (χ3n) is 3.25. The van der Waals surface area contributed by atoms with Crippen molar-refractivity contribution in [3.05, 3.63) is 34.8 Å². The molecule has 1 saturated carbocycles. The van der Waals surface area contributed by atoms with Crippen molar-refractivity contribution in [1.82, 2.24) is 15.3 Å². The third-order valence-corrected chi connectivity index (χ3v) is 5.15. The molecular formula is C14H13N3S2. The lowest BCUT2D eigenvalue weighted by Crippen LogP contribution is -2.14. The van der Waals surface area contributed by atoms with Gasteiger partial charge in [-0.3, -0.25) is 4.98 Å². The maximum atomic E-state index is 4.52. The zero-order valence-corrected chi connectivity index (χ0v) is 11.9. The van der Waals surface area contributed by atoms with Crippen LogP contribution in [0.2, 0.25) is 0 Å². The average molecular weight is 287 g/mol. The van der Waals surface area contributed by atoms with Crippen LogP contribution in [-0.4, -0.2) is 16.0 Å². The van der Waals surface area contributed by atoms with Crippen molar-refractivity contribution in [2.75, 3.05) is 0 Å². The van der Waals surface area contributed by atoms with Gasteiger partial charge in [0.25, 0.3) is 0 Å². The van der Waals surface area contributed by atoms with E-state index in [1.807, 2.05) is 12.4 Å². The number of hydrogen-bond donors (Lipinski definition) is 1. The topological polar surface area (TPSA) is 37.8 Å². The van der Waals surface area contributed by atoms with Crippen molar-refractivity contribution in [3.8, 4) is 10.6 Å². The molecule has 4 rings (SSSR count). The van der Waals surface area contributed by atoms with E-state index in [4.69, 9.17) is 0 Å². The van der Waals surface area contributed by atoms with Gasteiger partial charge in [-0.15, -0.1) is 22.7 Å². The summed E-state index contributed by atoms with van der Waals surface area (Å²) in [6.07, 6.45) is 6.55. The van der Waals surface area contributed by atoms with Crippen molar-refractivity contribution in [3.63, 3.8) is 0 Å². The van der Waals surface area contributed by atoms with E-state index in [-0.39, 0.29) is 0 Å². The molecule has 1 aliphatic carbocycles. The molecule has 1 aliphatic rings. The van der Waals surface area contributed by atoms with Crippen molar-refractivity contribution in [2.45, 2.75) is 25.4 Å². The van der Waals surface area contributed by atoms with Crippen LogP contribution < -0.4 is 5.32 Å². The Balaban J connectivity index is 1.59. The van der Waals surface area contributed by atoms with E-state index < -0.39 is 0 Å². The molecule has 3 heterocycles. The molecule has 1 N–H and O–H groups in total. The molecule has 0 aliphatic heterocycles. The van der Waals surface area contributed by atoms with Gasteiger partial charge in [0.1, 0.15) is 5.01 Å². The lowest BCUT2D eigenvalue weighted by molar-refractivity contribution is 0.694. The molecule has 0 atom stereocenters. The molecule has 3 nitrogen and oxygen atoms in total. The number of fused-ring (bicyclic) bond motifs is 1. The van der Waals surface area contributed by atoms with E-state index in [0.717, 1.165) is 28.7 Å². The number of thiophene rings is 1. The molecule has 3 aromatic rings. The highest BCUT2D eigenvalue weighted by Gasteiger charge is 2.20. The molecule has 96 valence electrons. The van der Waals surface area contributed by atoms with E-state index in [1.54, 1.807) is 22.7 Å². The SMILES string of the molecule is c1cc2ncc(-c3ncc(CNC4CC4)s3)cc2s1. The Morgan fingerprint density at radius 3 is 3.11 bits per heavy atom. The lowest BCUT2D eigenvalue weighted by Gasteiger charge is -1.98. The Hall–Kier alpha value is -1.30. The summed E-state index contributed by atoms with van der Waals surface area (Å²) in [7, 11) is 0. The molecule has 1 fully saturated rings. The van der Waals surface area contributed by atoms with E-state index in [0.29, 0.717) is 0 Å². The predicted octanol–water partition coefficient (Wildman–Crippen LogP) is 3.67. The molecule has 0 radical (unpaired) electrons. The van der Waals surface area contributed by atoms with Crippen LogP contribution >= 0.6 is 22.7 Å². The molecule has 0 saturated heterocycles. The fourth-order valence-electron chi connectivity index (χ4n) is 2.02. The first-order chi connectivity index (χ1) is 9.38. The van der Waals surface area contributed by atoms with Gasteiger partial charge < -0.3 is 5.32 Å². The number of aromatic nitrogens is 2. The van der Waals surface area contributed by atoms with Gasteiger partial charge in [0.2, 0.25) is 0 Å². The van der Waals surface area contributed by atoms with Gasteiger partial charge in [-0.05, 0) is 30.4 Å². The number of nitrogens with one attached hydrogen (secondary N) is 1. The molecule has 5 heteroatoms. The molecule has 0 bridgehead atoms. The van der Waals surface area contributed by atoms with E-state index in [2.05, 4.69) is 32.8 Å². The van der Waals surface area contributed by atoms with Gasteiger partial charge in [-0.1, -0.05) is 0 Å². The molecule has 0 spiro atoms. The zero-order valence-electron chi connectivity index (χ0n) is 10.3. The second-order valence-corrected chi connectivity index (χ2v) is 6.88. The second kappa shape index (κ2) is 4.67. The minimum Gasteiger partial charge on any atom is -0.309 e. The van der Waals surface area contributed by atoms with Gasteiger partial charge in [-0.25, -0.2) is 4.98 Å². The van der Waals surface area contributed by atoms with Crippen LogP contribution in [0.3, 0.4) is 0 Å². The highest BCUT2D eigenvalue weighted by atomic mass is 32.1. The quantitative estimate of drug-likeness (QED) is 0.795. The van der Waals surface area contributed by atoms with E-state index in [1.165, 1.54) is 22.4 Å². The standard InChI is InChI=1S/C14H13N3S2/c1-2-10(1)15-7-11-8-17-14(19-11)9-5-13-12(16-6-9)3-4-18-13/h3-6,8,10,15H,1-2,7H2. The second-order valence-electron chi connectivity index (χ2n) is 4.81. The normalized spacial score (nSPS) is 15.2. The minimum absolute atomic E-state index is 0.745. The van der Waals surface area contributed by atoms with Crippen LogP contribution in [0.5, 0.6) is 0 Å². The molecular weight excluding hydrogens is 274 g/mol. The summed E-state index contributed by atoms with van der Waals surface area (Å²) in [5.41, 5.74) is 2.19. The summed E-state index contributed by atoms with van der Waals surface area (Å²) in [4.78, 5) is 10.3. The fourth-order valence-corrected chi connectivity index (χ4v) is 3.64. The highest BCUT2D eigenvalue weighted by Crippen LogP contribution is 2.29. The summed E-state index contributed by atoms with van der Waals surface area (Å²) < 4.78 is 1.23. The predicted molar refractivity (Wildman–Crippen MR) is 80.6 cm³/mol. The average Bonchev–Trinajstić information content (AvgIpc) is 2.96. The first kappa shape index (κ1) is 11.5. The van der Waals surface area contributed by atoms with Crippen molar-refractivity contribution >= 4 is 32.9 Å². The summed E-state index contributed by atoms with van der Waals surface area (Å²) in [5.74, 6) is 0. The van der Waals surface area contributed by atoms with E-state index >= 15 is 0 Å². The maximum Gasteiger partial charge on any atom is 0.125 e. The third kappa shape index (κ3) is 2.41. The molecule has 3 aromatic heterocycles. The van der Waals surface area contributed by atoms with Crippen LogP contribution in [0.4, 0.5) is 0 Å². The van der Waals surface area contributed by atoms with Gasteiger partial charge in [0, 0.05) is 35.4 Å². The van der Waals surface area contributed by atoms with Crippen LogP contribution in [0.15, 0.2) is 29.9 Å². The zero-order chi connectivity index (χ0) is 12.7.